The van der Waals surface area contributed by atoms with Gasteiger partial charge in [0.25, 0.3) is 5.91 Å². The number of H-pyrrole nitrogens is 1. The molecule has 0 aliphatic heterocycles. The number of aromatic nitrogens is 1. The lowest BCUT2D eigenvalue weighted by Gasteiger charge is -2.12. The average Bonchev–Trinajstić information content (AvgIpc) is 2.81. The van der Waals surface area contributed by atoms with Crippen LogP contribution >= 0.6 is 0 Å². The first-order valence-corrected chi connectivity index (χ1v) is 6.23. The highest BCUT2D eigenvalue weighted by molar-refractivity contribution is 6.07. The molecule has 0 spiro atoms. The van der Waals surface area contributed by atoms with Gasteiger partial charge in [0.15, 0.2) is 0 Å². The number of carboxylic acids is 1. The smallest absolute Gasteiger partial charge is 0.326 e. The highest BCUT2D eigenvalue weighted by Gasteiger charge is 2.21. The summed E-state index contributed by atoms with van der Waals surface area (Å²) < 4.78 is 0. The number of para-hydroxylation sites is 1. The highest BCUT2D eigenvalue weighted by Crippen LogP contribution is 2.17. The van der Waals surface area contributed by atoms with E-state index < -0.39 is 12.0 Å². The number of nitrogens with one attached hydrogen (secondary N) is 2. The Labute approximate surface area is 110 Å². The van der Waals surface area contributed by atoms with Crippen LogP contribution in [0.4, 0.5) is 0 Å². The normalized spacial score (nSPS) is 12.3. The molecule has 5 nitrogen and oxygen atoms in total. The molecule has 1 amide bonds. The zero-order valence-corrected chi connectivity index (χ0v) is 10.6. The number of benzene rings is 1. The number of aliphatic carboxylic acids is 1. The van der Waals surface area contributed by atoms with Crippen LogP contribution in [0.15, 0.2) is 30.5 Å². The van der Waals surface area contributed by atoms with Crippen molar-refractivity contribution < 1.29 is 14.7 Å². The predicted molar refractivity (Wildman–Crippen MR) is 72.1 cm³/mol. The Morgan fingerprint density at radius 3 is 2.79 bits per heavy atom. The van der Waals surface area contributed by atoms with Gasteiger partial charge in [0.05, 0.1) is 5.56 Å². The van der Waals surface area contributed by atoms with Crippen molar-refractivity contribution >= 4 is 22.8 Å². The molecule has 1 unspecified atom stereocenters. The van der Waals surface area contributed by atoms with Crippen LogP contribution in [-0.2, 0) is 4.79 Å². The number of hydrogen-bond acceptors (Lipinski definition) is 2. The molecule has 2 rings (SSSR count). The summed E-state index contributed by atoms with van der Waals surface area (Å²) in [5, 5.41) is 12.4. The lowest BCUT2D eigenvalue weighted by atomic mass is 10.1. The maximum absolute atomic E-state index is 12.1. The average molecular weight is 260 g/mol. The van der Waals surface area contributed by atoms with Gasteiger partial charge in [0.2, 0.25) is 0 Å². The molecule has 19 heavy (non-hydrogen) atoms. The van der Waals surface area contributed by atoms with Crippen molar-refractivity contribution in [1.82, 2.24) is 10.3 Å². The topological polar surface area (TPSA) is 82.2 Å². The number of amides is 1. The van der Waals surface area contributed by atoms with Crippen molar-refractivity contribution in [3.63, 3.8) is 0 Å². The van der Waals surface area contributed by atoms with Crippen LogP contribution in [0, 0.1) is 0 Å². The molecular weight excluding hydrogens is 244 g/mol. The fraction of sp³-hybridized carbons (Fsp3) is 0.286. The summed E-state index contributed by atoms with van der Waals surface area (Å²) >= 11 is 0. The third-order valence-corrected chi connectivity index (χ3v) is 3.01. The minimum Gasteiger partial charge on any atom is -0.480 e. The van der Waals surface area contributed by atoms with Gasteiger partial charge in [-0.05, 0) is 12.5 Å². The summed E-state index contributed by atoms with van der Waals surface area (Å²) in [6.45, 7) is 1.88. The predicted octanol–water partition coefficient (Wildman–Crippen LogP) is 2.15. The third kappa shape index (κ3) is 2.76. The quantitative estimate of drug-likeness (QED) is 0.770. The van der Waals surface area contributed by atoms with E-state index >= 15 is 0 Å². The van der Waals surface area contributed by atoms with E-state index in [0.717, 1.165) is 10.9 Å². The Morgan fingerprint density at radius 2 is 2.11 bits per heavy atom. The van der Waals surface area contributed by atoms with Gasteiger partial charge in [0.1, 0.15) is 6.04 Å². The van der Waals surface area contributed by atoms with Crippen molar-refractivity contribution in [2.24, 2.45) is 0 Å². The molecule has 0 aliphatic carbocycles. The van der Waals surface area contributed by atoms with E-state index in [-0.39, 0.29) is 5.91 Å². The van der Waals surface area contributed by atoms with Crippen molar-refractivity contribution in [2.45, 2.75) is 25.8 Å². The van der Waals surface area contributed by atoms with Gasteiger partial charge in [-0.3, -0.25) is 4.79 Å². The fourth-order valence-electron chi connectivity index (χ4n) is 2.04. The lowest BCUT2D eigenvalue weighted by molar-refractivity contribution is -0.139. The molecule has 1 heterocycles. The van der Waals surface area contributed by atoms with E-state index in [0.29, 0.717) is 18.4 Å². The van der Waals surface area contributed by atoms with Gasteiger partial charge in [-0.15, -0.1) is 0 Å². The summed E-state index contributed by atoms with van der Waals surface area (Å²) in [6.07, 6.45) is 2.72. The number of carbonyl (C=O) groups excluding carboxylic acids is 1. The Balaban J connectivity index is 2.22. The second-order valence-corrected chi connectivity index (χ2v) is 4.40. The van der Waals surface area contributed by atoms with Gasteiger partial charge in [-0.1, -0.05) is 31.5 Å². The molecule has 5 heteroatoms. The molecule has 0 aliphatic rings. The van der Waals surface area contributed by atoms with E-state index in [9.17, 15) is 9.59 Å². The Hall–Kier alpha value is -2.30. The largest absolute Gasteiger partial charge is 0.480 e. The zero-order valence-electron chi connectivity index (χ0n) is 10.6. The number of hydrogen-bond donors (Lipinski definition) is 3. The van der Waals surface area contributed by atoms with Gasteiger partial charge < -0.3 is 15.4 Å². The number of fused-ring (bicyclic) bond motifs is 1. The van der Waals surface area contributed by atoms with Crippen LogP contribution in [0.3, 0.4) is 0 Å². The van der Waals surface area contributed by atoms with E-state index in [2.05, 4.69) is 10.3 Å². The second kappa shape index (κ2) is 5.56. The second-order valence-electron chi connectivity index (χ2n) is 4.40. The van der Waals surface area contributed by atoms with E-state index in [1.807, 2.05) is 31.2 Å². The van der Waals surface area contributed by atoms with Crippen LogP contribution in [0.5, 0.6) is 0 Å². The highest BCUT2D eigenvalue weighted by atomic mass is 16.4. The van der Waals surface area contributed by atoms with Crippen molar-refractivity contribution in [1.29, 1.82) is 0 Å². The van der Waals surface area contributed by atoms with Crippen LogP contribution in [0.25, 0.3) is 10.9 Å². The molecule has 0 saturated carbocycles. The van der Waals surface area contributed by atoms with E-state index in [1.54, 1.807) is 6.20 Å². The Kier molecular flexibility index (Phi) is 3.85. The molecular formula is C14H16N2O3. The molecule has 1 atom stereocenters. The monoisotopic (exact) mass is 260 g/mol. The maximum atomic E-state index is 12.1. The van der Waals surface area contributed by atoms with Gasteiger partial charge in [-0.2, -0.15) is 0 Å². The number of carbonyl (C=O) groups is 2. The van der Waals surface area contributed by atoms with Crippen LogP contribution < -0.4 is 5.32 Å². The molecule has 1 aromatic carbocycles. The first-order chi connectivity index (χ1) is 9.13. The van der Waals surface area contributed by atoms with Crippen LogP contribution in [-0.4, -0.2) is 28.0 Å². The maximum Gasteiger partial charge on any atom is 0.326 e. The minimum absolute atomic E-state index is 0.363. The van der Waals surface area contributed by atoms with E-state index in [4.69, 9.17) is 5.11 Å². The Bertz CT molecular complexity index is 604. The van der Waals surface area contributed by atoms with Crippen molar-refractivity contribution in [3.05, 3.63) is 36.0 Å². The first-order valence-electron chi connectivity index (χ1n) is 6.23. The summed E-state index contributed by atoms with van der Waals surface area (Å²) in [5.41, 5.74) is 1.33. The molecule has 1 aromatic heterocycles. The van der Waals surface area contributed by atoms with E-state index in [1.165, 1.54) is 0 Å². The number of rotatable bonds is 5. The molecule has 0 saturated heterocycles. The van der Waals surface area contributed by atoms with Crippen molar-refractivity contribution in [2.75, 3.05) is 0 Å². The van der Waals surface area contributed by atoms with Gasteiger partial charge in [0, 0.05) is 17.1 Å². The molecule has 0 fully saturated rings. The summed E-state index contributed by atoms with van der Waals surface area (Å²) in [7, 11) is 0. The third-order valence-electron chi connectivity index (χ3n) is 3.01. The summed E-state index contributed by atoms with van der Waals surface area (Å²) in [5.74, 6) is -1.37. The van der Waals surface area contributed by atoms with Gasteiger partial charge in [-0.25, -0.2) is 4.79 Å². The minimum atomic E-state index is -1.00. The Morgan fingerprint density at radius 1 is 1.37 bits per heavy atom. The first kappa shape index (κ1) is 13.1. The lowest BCUT2D eigenvalue weighted by Crippen LogP contribution is -2.40. The van der Waals surface area contributed by atoms with Crippen LogP contribution in [0.1, 0.15) is 30.1 Å². The fourth-order valence-corrected chi connectivity index (χ4v) is 2.04. The molecule has 0 radical (unpaired) electrons. The SMILES string of the molecule is CCCC(NC(=O)c1c[nH]c2ccccc12)C(=O)O. The molecule has 2 aromatic rings. The molecule has 100 valence electrons. The zero-order chi connectivity index (χ0) is 13.8. The van der Waals surface area contributed by atoms with Gasteiger partial charge >= 0.3 is 5.97 Å². The summed E-state index contributed by atoms with van der Waals surface area (Å²) in [6, 6.07) is 6.57. The number of carboxylic acid groups (broad SMARTS) is 1. The molecule has 3 N–H and O–H groups in total. The summed E-state index contributed by atoms with van der Waals surface area (Å²) in [4.78, 5) is 26.1. The standard InChI is InChI=1S/C14H16N2O3/c1-2-5-12(14(18)19)16-13(17)10-8-15-11-7-4-3-6-9(10)11/h3-4,6-8,12,15H,2,5H2,1H3,(H,16,17)(H,18,19). The van der Waals surface area contributed by atoms with Crippen LogP contribution in [0.2, 0.25) is 0 Å². The van der Waals surface area contributed by atoms with Crippen molar-refractivity contribution in [3.8, 4) is 0 Å². The molecule has 0 bridgehead atoms. The number of aromatic amines is 1.